The Balaban J connectivity index is 1.03. The number of amides is 7. The number of benzene rings is 2. The quantitative estimate of drug-likeness (QED) is 0.0341. The van der Waals surface area contributed by atoms with Crippen molar-refractivity contribution in [2.24, 2.45) is 53.1 Å². The Morgan fingerprint density at radius 2 is 1.31 bits per heavy atom. The number of ketones is 4. The second-order valence-electron chi connectivity index (χ2n) is 32.4. The number of likely N-dealkylation sites (N-methyl/N-ethyl adjacent to an activating group) is 2. The number of aliphatic hydroxyl groups excluding tert-OH is 2. The predicted octanol–water partition coefficient (Wildman–Crippen LogP) is 6.65. The van der Waals surface area contributed by atoms with Crippen molar-refractivity contribution in [3.05, 3.63) is 71.3 Å². The van der Waals surface area contributed by atoms with Crippen LogP contribution in [0.4, 0.5) is 4.79 Å². The van der Waals surface area contributed by atoms with E-state index in [9.17, 15) is 58.2 Å². The highest BCUT2D eigenvalue weighted by Gasteiger charge is 2.55. The number of nitrogens with two attached hydrogens (primary N) is 1. The summed E-state index contributed by atoms with van der Waals surface area (Å²) in [6, 6.07) is 13.7. The van der Waals surface area contributed by atoms with Crippen LogP contribution in [-0.2, 0) is 90.8 Å². The topological polar surface area (TPSA) is 350 Å². The molecule has 606 valence electrons. The zero-order chi connectivity index (χ0) is 80.0. The lowest BCUT2D eigenvalue weighted by Gasteiger charge is -2.41. The van der Waals surface area contributed by atoms with E-state index in [-0.39, 0.29) is 167 Å². The molecule has 2 aromatic carbocycles. The molecule has 4 saturated heterocycles. The molecule has 26 nitrogen and oxygen atoms in total. The van der Waals surface area contributed by atoms with Crippen LogP contribution < -0.4 is 27.0 Å². The number of primary amides is 1. The van der Waals surface area contributed by atoms with Crippen molar-refractivity contribution in [2.45, 2.75) is 277 Å². The Kier molecular flexibility index (Phi) is 35.7. The van der Waals surface area contributed by atoms with Gasteiger partial charge < -0.3 is 75.4 Å². The number of methoxy groups -OCH3 is 2. The number of carbonyl (C=O) groups excluding carboxylic acids is 10. The first kappa shape index (κ1) is 90.3. The summed E-state index contributed by atoms with van der Waals surface area (Å²) in [4.78, 5) is 144. The molecule has 2 aromatic rings. The van der Waals surface area contributed by atoms with Gasteiger partial charge in [0.25, 0.3) is 0 Å². The second-order valence-corrected chi connectivity index (χ2v) is 32.4. The van der Waals surface area contributed by atoms with Crippen LogP contribution in [0.2, 0.25) is 0 Å². The van der Waals surface area contributed by atoms with Gasteiger partial charge in [0.05, 0.1) is 67.5 Å². The van der Waals surface area contributed by atoms with Crippen molar-refractivity contribution in [1.82, 2.24) is 36.0 Å². The molecule has 4 fully saturated rings. The fraction of sp³-hybridized carbons (Fsp3) is 0.732. The molecule has 4 aliphatic heterocycles. The number of hydrogen-bond acceptors (Lipinski definition) is 19. The lowest BCUT2D eigenvalue weighted by molar-refractivity contribution is -0.188. The molecular formula is C82H130N8O18. The van der Waals surface area contributed by atoms with Crippen LogP contribution in [0.3, 0.4) is 0 Å². The number of urea groups is 1. The minimum atomic E-state index is -1.46. The van der Waals surface area contributed by atoms with Crippen LogP contribution >= 0.6 is 0 Å². The standard InChI is InChI=1S/C82H130N8O18/c1-18-25-64-76-77(108-82(11,12)107-76)67(105-64)44-69(95)86-46-68-74(98)73(97)66(106-68)42-56(91)41-57(47(3)4)79(100)87-59(28-23-35-85-81(83)102)62(93)39-54-32-30-52(31-33-54)34-36-84-78(99)55(38-53-26-21-20-22-27-53)40-61(92)51(10)75(104-17)60-29-24-37-90(60)70(96)45-65(103-16)72(50(9)19-2)89(15)80(101)58(48(5)6)43-63(94)71(49(7)8)88(13)14/h20-22,26-27,30-33,47-51,55,57-60,64-68,71-77,97-98H,18-19,23-25,28-29,34-46H2,1-17H3,(H,84,99)(H,86,95)(H,87,100)(H3,83,85,102)/t50?,51?,55-,57-,58+,59?,60?,64-,65?,66+,67+,68-,71?,72?,73?,74?,75?,76-,77+/m1/s1. The summed E-state index contributed by atoms with van der Waals surface area (Å²) in [5.41, 5.74) is 7.70. The van der Waals surface area contributed by atoms with Gasteiger partial charge in [0.1, 0.15) is 42.1 Å². The van der Waals surface area contributed by atoms with Gasteiger partial charge in [-0.25, -0.2) is 4.79 Å². The number of aliphatic hydroxyl groups is 2. The van der Waals surface area contributed by atoms with E-state index in [1.54, 1.807) is 56.9 Å². The molecule has 108 heavy (non-hydrogen) atoms. The van der Waals surface area contributed by atoms with Crippen molar-refractivity contribution in [3.8, 4) is 0 Å². The molecule has 10 unspecified atom stereocenters. The van der Waals surface area contributed by atoms with Crippen molar-refractivity contribution in [2.75, 3.05) is 61.5 Å². The number of nitrogens with zero attached hydrogens (tertiary/aromatic N) is 3. The molecule has 0 spiro atoms. The summed E-state index contributed by atoms with van der Waals surface area (Å²) in [6.45, 7) is 23.7. The van der Waals surface area contributed by atoms with Crippen LogP contribution in [-0.4, -0.2) is 236 Å². The number of carbonyl (C=O) groups is 10. The van der Waals surface area contributed by atoms with Gasteiger partial charge in [0.2, 0.25) is 29.5 Å². The van der Waals surface area contributed by atoms with Gasteiger partial charge >= 0.3 is 6.03 Å². The van der Waals surface area contributed by atoms with Crippen LogP contribution in [0.1, 0.15) is 183 Å². The highest BCUT2D eigenvalue weighted by molar-refractivity contribution is 5.93. The van der Waals surface area contributed by atoms with Gasteiger partial charge in [0, 0.05) is 103 Å². The molecular weight excluding hydrogens is 1380 g/mol. The van der Waals surface area contributed by atoms with E-state index in [1.807, 2.05) is 124 Å². The summed E-state index contributed by atoms with van der Waals surface area (Å²) < 4.78 is 36.6. The Morgan fingerprint density at radius 1 is 0.676 bits per heavy atom. The number of nitrogens with one attached hydrogen (secondary N) is 4. The van der Waals surface area contributed by atoms with Gasteiger partial charge in [-0.15, -0.1) is 0 Å². The second kappa shape index (κ2) is 42.7. The largest absolute Gasteiger partial charge is 0.388 e. The van der Waals surface area contributed by atoms with E-state index in [4.69, 9.17) is 34.2 Å². The molecule has 4 heterocycles. The van der Waals surface area contributed by atoms with Crippen molar-refractivity contribution >= 4 is 58.7 Å². The van der Waals surface area contributed by atoms with E-state index in [2.05, 4.69) is 21.3 Å². The fourth-order valence-electron chi connectivity index (χ4n) is 16.4. The third kappa shape index (κ3) is 25.5. The van der Waals surface area contributed by atoms with Gasteiger partial charge in [-0.3, -0.25) is 48.1 Å². The van der Waals surface area contributed by atoms with Gasteiger partial charge in [-0.2, -0.15) is 0 Å². The molecule has 26 heteroatoms. The lowest BCUT2D eigenvalue weighted by Crippen LogP contribution is -2.54. The molecule has 0 radical (unpaired) electrons. The molecule has 0 aliphatic carbocycles. The molecule has 7 amide bonds. The molecule has 6 rings (SSSR count). The number of hydrogen-bond donors (Lipinski definition) is 7. The minimum Gasteiger partial charge on any atom is -0.388 e. The van der Waals surface area contributed by atoms with E-state index in [0.717, 1.165) is 24.0 Å². The Bertz CT molecular complexity index is 3250. The number of ether oxygens (including phenoxy) is 6. The normalized spacial score (nSPS) is 23.9. The molecule has 19 atom stereocenters. The summed E-state index contributed by atoms with van der Waals surface area (Å²) in [5, 5.41) is 33.3. The number of likely N-dealkylation sites (tertiary alicyclic amines) is 1. The number of rotatable bonds is 46. The number of Topliss-reactive ketones (excluding diaryl/α,β-unsaturated/α-hetero) is 4. The summed E-state index contributed by atoms with van der Waals surface area (Å²) in [7, 11) is 8.60. The van der Waals surface area contributed by atoms with E-state index in [0.29, 0.717) is 37.8 Å². The van der Waals surface area contributed by atoms with Gasteiger partial charge in [0.15, 0.2) is 17.4 Å². The first-order valence-electron chi connectivity index (χ1n) is 39.5. The SMILES string of the molecule is CCC[C@H]1O[C@@H](CC(=O)NC[C@H]2O[C@@H](CC(=O)C[C@@H](C(=O)NC(CCCNC(N)=O)C(=O)Cc3ccc(CCNC(=O)[C@@H](CC(=O)C(C)C(OC)C4CCCN4C(=O)CC(OC)C(C(C)CC)N(C)C(=O)[C@@H](CC(=O)C(C(C)C)N(C)C)C(C)C)Cc4ccccc4)cc3)C(C)C)C(O)C2O)[C@@H]2OC(C)(C)O[C@@H]21. The highest BCUT2D eigenvalue weighted by Crippen LogP contribution is 2.41. The van der Waals surface area contributed by atoms with Crippen LogP contribution in [0, 0.1) is 47.3 Å². The minimum absolute atomic E-state index is 0.0116. The molecule has 0 saturated carbocycles. The average Bonchev–Trinajstić information content (AvgIpc) is 1.60. The third-order valence-electron chi connectivity index (χ3n) is 22.5. The van der Waals surface area contributed by atoms with Crippen molar-refractivity contribution in [1.29, 1.82) is 0 Å². The molecule has 0 aromatic heterocycles. The molecule has 0 bridgehead atoms. The monoisotopic (exact) mass is 1510 g/mol. The zero-order valence-electron chi connectivity index (χ0n) is 67.4. The Morgan fingerprint density at radius 3 is 1.90 bits per heavy atom. The summed E-state index contributed by atoms with van der Waals surface area (Å²) >= 11 is 0. The maximum absolute atomic E-state index is 14.7. The Labute approximate surface area is 641 Å². The van der Waals surface area contributed by atoms with Crippen LogP contribution in [0.25, 0.3) is 0 Å². The Hall–Kier alpha value is -6.62. The van der Waals surface area contributed by atoms with Gasteiger partial charge in [-0.05, 0) is 113 Å². The summed E-state index contributed by atoms with van der Waals surface area (Å²) in [6.07, 6.45) is -3.96. The lowest BCUT2D eigenvalue weighted by atomic mass is 9.83. The van der Waals surface area contributed by atoms with Crippen LogP contribution in [0.5, 0.6) is 0 Å². The van der Waals surface area contributed by atoms with E-state index in [1.165, 1.54) is 7.11 Å². The zero-order valence-corrected chi connectivity index (χ0v) is 67.4. The third-order valence-corrected chi connectivity index (χ3v) is 22.5. The highest BCUT2D eigenvalue weighted by atomic mass is 16.8. The first-order chi connectivity index (χ1) is 51.0. The molecule has 8 N–H and O–H groups in total. The predicted molar refractivity (Wildman–Crippen MR) is 409 cm³/mol. The molecule has 4 aliphatic rings. The maximum Gasteiger partial charge on any atom is 0.312 e. The van der Waals surface area contributed by atoms with Crippen molar-refractivity contribution in [3.63, 3.8) is 0 Å². The van der Waals surface area contributed by atoms with E-state index < -0.39 is 114 Å². The summed E-state index contributed by atoms with van der Waals surface area (Å²) in [5.74, 6) is -6.76. The first-order valence-corrected chi connectivity index (χ1v) is 39.5. The maximum atomic E-state index is 14.7. The average molecular weight is 1520 g/mol. The van der Waals surface area contributed by atoms with Crippen molar-refractivity contribution < 1.29 is 86.6 Å². The van der Waals surface area contributed by atoms with Crippen LogP contribution in [0.15, 0.2) is 54.6 Å². The van der Waals surface area contributed by atoms with E-state index >= 15 is 0 Å². The van der Waals surface area contributed by atoms with Gasteiger partial charge in [-0.1, -0.05) is 137 Å². The fourth-order valence-corrected chi connectivity index (χ4v) is 16.4. The number of fused-ring (bicyclic) bond motifs is 1. The smallest absolute Gasteiger partial charge is 0.312 e.